The van der Waals surface area contributed by atoms with Gasteiger partial charge >= 0.3 is 5.97 Å². The lowest BCUT2D eigenvalue weighted by atomic mass is 10.2. The van der Waals surface area contributed by atoms with Crippen molar-refractivity contribution in [2.75, 3.05) is 5.32 Å². The first-order chi connectivity index (χ1) is 12.8. The van der Waals surface area contributed by atoms with Crippen LogP contribution in [0.2, 0.25) is 0 Å². The monoisotopic (exact) mass is 374 g/mol. The minimum Gasteiger partial charge on any atom is -0.479 e. The number of rotatable bonds is 6. The van der Waals surface area contributed by atoms with Crippen molar-refractivity contribution in [1.82, 2.24) is 0 Å². The van der Waals surface area contributed by atoms with E-state index in [9.17, 15) is 18.4 Å². The normalized spacial score (nSPS) is 12.4. The van der Waals surface area contributed by atoms with E-state index in [1.54, 1.807) is 0 Å². The van der Waals surface area contributed by atoms with Gasteiger partial charge in [0.25, 0.3) is 5.91 Å². The summed E-state index contributed by atoms with van der Waals surface area (Å²) < 4.78 is 37.1. The van der Waals surface area contributed by atoms with Gasteiger partial charge in [0.05, 0.1) is 17.3 Å². The largest absolute Gasteiger partial charge is 0.479 e. The van der Waals surface area contributed by atoms with E-state index in [1.165, 1.54) is 38.1 Å². The molecule has 2 aromatic carbocycles. The average molecular weight is 374 g/mol. The molecule has 8 heteroatoms. The minimum atomic E-state index is -1.26. The highest BCUT2D eigenvalue weighted by atomic mass is 19.1. The van der Waals surface area contributed by atoms with Crippen molar-refractivity contribution in [3.05, 3.63) is 59.7 Å². The molecule has 2 atom stereocenters. The van der Waals surface area contributed by atoms with Gasteiger partial charge < -0.3 is 14.8 Å². The summed E-state index contributed by atoms with van der Waals surface area (Å²) in [6.07, 6.45) is -2.29. The smallest absolute Gasteiger partial charge is 0.347 e. The molecule has 0 spiro atoms. The summed E-state index contributed by atoms with van der Waals surface area (Å²) in [6.45, 7) is 2.72. The van der Waals surface area contributed by atoms with Crippen molar-refractivity contribution in [2.24, 2.45) is 0 Å². The third-order valence-corrected chi connectivity index (χ3v) is 3.48. The summed E-state index contributed by atoms with van der Waals surface area (Å²) in [5, 5.41) is 10.9. The van der Waals surface area contributed by atoms with Gasteiger partial charge in [0, 0.05) is 6.07 Å². The molecule has 0 radical (unpaired) electrons. The predicted octanol–water partition coefficient (Wildman–Crippen LogP) is 3.17. The molecule has 0 unspecified atom stereocenters. The zero-order valence-corrected chi connectivity index (χ0v) is 14.5. The summed E-state index contributed by atoms with van der Waals surface area (Å²) in [5.74, 6) is -2.83. The molecule has 0 saturated heterocycles. The fraction of sp³-hybridized carbons (Fsp3) is 0.211. The van der Waals surface area contributed by atoms with Crippen LogP contribution in [-0.4, -0.2) is 24.1 Å². The number of esters is 1. The van der Waals surface area contributed by atoms with Crippen LogP contribution in [0.15, 0.2) is 42.5 Å². The fourth-order valence-electron chi connectivity index (χ4n) is 2.01. The summed E-state index contributed by atoms with van der Waals surface area (Å²) in [7, 11) is 0. The van der Waals surface area contributed by atoms with Crippen molar-refractivity contribution in [2.45, 2.75) is 26.1 Å². The van der Waals surface area contributed by atoms with Gasteiger partial charge in [0.1, 0.15) is 17.4 Å². The van der Waals surface area contributed by atoms with Gasteiger partial charge in [-0.2, -0.15) is 5.26 Å². The molecule has 1 amide bonds. The van der Waals surface area contributed by atoms with Crippen molar-refractivity contribution in [3.63, 3.8) is 0 Å². The Hall–Kier alpha value is -3.47. The fourth-order valence-corrected chi connectivity index (χ4v) is 2.01. The Morgan fingerprint density at radius 1 is 1.07 bits per heavy atom. The van der Waals surface area contributed by atoms with E-state index < -0.39 is 35.7 Å². The van der Waals surface area contributed by atoms with Crippen molar-refractivity contribution >= 4 is 17.6 Å². The predicted molar refractivity (Wildman–Crippen MR) is 91.8 cm³/mol. The Labute approximate surface area is 154 Å². The molecular weight excluding hydrogens is 358 g/mol. The summed E-state index contributed by atoms with van der Waals surface area (Å²) in [6, 6.07) is 10.6. The highest BCUT2D eigenvalue weighted by molar-refractivity contribution is 5.95. The Morgan fingerprint density at radius 3 is 2.37 bits per heavy atom. The standard InChI is InChI=1S/C19H16F2N2O4/c1-11(18(24)23-17-9-14(20)5-8-16(17)21)27-19(25)12(2)26-15-6-3-13(10-22)4-7-15/h3-9,11-12H,1-2H3,(H,23,24)/t11-,12-/m1/s1. The third-order valence-electron chi connectivity index (χ3n) is 3.48. The first-order valence-corrected chi connectivity index (χ1v) is 7.93. The molecule has 0 aliphatic heterocycles. The number of nitrogens with one attached hydrogen (secondary N) is 1. The molecule has 1 N–H and O–H groups in total. The summed E-state index contributed by atoms with van der Waals surface area (Å²) in [4.78, 5) is 24.1. The second-order valence-corrected chi connectivity index (χ2v) is 5.59. The third kappa shape index (κ3) is 5.51. The van der Waals surface area contributed by atoms with Gasteiger partial charge in [-0.15, -0.1) is 0 Å². The Balaban J connectivity index is 1.92. The average Bonchev–Trinajstić information content (AvgIpc) is 2.65. The van der Waals surface area contributed by atoms with Gasteiger partial charge in [-0.25, -0.2) is 13.6 Å². The van der Waals surface area contributed by atoms with Gasteiger partial charge in [0.2, 0.25) is 0 Å². The molecule has 0 saturated carbocycles. The molecule has 0 fully saturated rings. The van der Waals surface area contributed by atoms with Crippen LogP contribution in [-0.2, 0) is 14.3 Å². The zero-order valence-electron chi connectivity index (χ0n) is 14.5. The van der Waals surface area contributed by atoms with Crippen LogP contribution >= 0.6 is 0 Å². The van der Waals surface area contributed by atoms with Gasteiger partial charge in [0.15, 0.2) is 12.2 Å². The van der Waals surface area contributed by atoms with Crippen LogP contribution in [0.5, 0.6) is 5.75 Å². The van der Waals surface area contributed by atoms with Crippen LogP contribution in [0.25, 0.3) is 0 Å². The number of benzene rings is 2. The van der Waals surface area contributed by atoms with Crippen LogP contribution in [0.1, 0.15) is 19.4 Å². The topological polar surface area (TPSA) is 88.4 Å². The molecular formula is C19H16F2N2O4. The van der Waals surface area contributed by atoms with Gasteiger partial charge in [-0.3, -0.25) is 4.79 Å². The SMILES string of the molecule is C[C@@H](OC(=O)[C@@H](C)Oc1ccc(C#N)cc1)C(=O)Nc1cc(F)ccc1F. The molecule has 140 valence electrons. The van der Waals surface area contributed by atoms with E-state index in [1.807, 2.05) is 6.07 Å². The second kappa shape index (κ2) is 8.76. The number of hydrogen-bond donors (Lipinski definition) is 1. The number of carbonyl (C=O) groups excluding carboxylic acids is 2. The van der Waals surface area contributed by atoms with Gasteiger partial charge in [-0.05, 0) is 50.2 Å². The van der Waals surface area contributed by atoms with E-state index in [-0.39, 0.29) is 5.69 Å². The number of nitriles is 1. The highest BCUT2D eigenvalue weighted by Crippen LogP contribution is 2.17. The quantitative estimate of drug-likeness (QED) is 0.785. The lowest BCUT2D eigenvalue weighted by molar-refractivity contribution is -0.159. The maximum atomic E-state index is 13.6. The molecule has 0 aliphatic rings. The van der Waals surface area contributed by atoms with E-state index in [4.69, 9.17) is 14.7 Å². The lowest BCUT2D eigenvalue weighted by Gasteiger charge is -2.18. The number of anilines is 1. The lowest BCUT2D eigenvalue weighted by Crippen LogP contribution is -2.35. The molecule has 2 rings (SSSR count). The summed E-state index contributed by atoms with van der Waals surface area (Å²) in [5.41, 5.74) is 0.0808. The number of nitrogens with zero attached hydrogens (tertiary/aromatic N) is 1. The molecule has 0 heterocycles. The maximum Gasteiger partial charge on any atom is 0.347 e. The molecule has 6 nitrogen and oxygen atoms in total. The molecule has 27 heavy (non-hydrogen) atoms. The number of amides is 1. The first-order valence-electron chi connectivity index (χ1n) is 7.93. The van der Waals surface area contributed by atoms with E-state index in [2.05, 4.69) is 5.32 Å². The summed E-state index contributed by atoms with van der Waals surface area (Å²) >= 11 is 0. The van der Waals surface area contributed by atoms with Crippen molar-refractivity contribution in [3.8, 4) is 11.8 Å². The molecule has 2 aromatic rings. The molecule has 0 bridgehead atoms. The number of hydrogen-bond acceptors (Lipinski definition) is 5. The number of carbonyl (C=O) groups is 2. The van der Waals surface area contributed by atoms with E-state index in [0.717, 1.165) is 18.2 Å². The number of ether oxygens (including phenoxy) is 2. The van der Waals surface area contributed by atoms with Gasteiger partial charge in [-0.1, -0.05) is 0 Å². The molecule has 0 aromatic heterocycles. The first kappa shape index (κ1) is 19.8. The van der Waals surface area contributed by atoms with Crippen LogP contribution in [0.4, 0.5) is 14.5 Å². The zero-order chi connectivity index (χ0) is 20.0. The Morgan fingerprint density at radius 2 is 1.74 bits per heavy atom. The van der Waals surface area contributed by atoms with E-state index in [0.29, 0.717) is 11.3 Å². The molecule has 0 aliphatic carbocycles. The van der Waals surface area contributed by atoms with E-state index >= 15 is 0 Å². The maximum absolute atomic E-state index is 13.6. The van der Waals surface area contributed by atoms with Crippen LogP contribution < -0.4 is 10.1 Å². The Kier molecular flexibility index (Phi) is 6.44. The second-order valence-electron chi connectivity index (χ2n) is 5.59. The van der Waals surface area contributed by atoms with Crippen LogP contribution in [0.3, 0.4) is 0 Å². The van der Waals surface area contributed by atoms with Crippen LogP contribution in [0, 0.1) is 23.0 Å². The van der Waals surface area contributed by atoms with Crippen molar-refractivity contribution in [1.29, 1.82) is 5.26 Å². The highest BCUT2D eigenvalue weighted by Gasteiger charge is 2.24. The minimum absolute atomic E-state index is 0.345. The number of halogens is 2. The van der Waals surface area contributed by atoms with Crippen molar-refractivity contribution < 1.29 is 27.8 Å². The Bertz CT molecular complexity index is 878.